The second kappa shape index (κ2) is 9.34. The molecule has 6 nitrogen and oxygen atoms in total. The van der Waals surface area contributed by atoms with Gasteiger partial charge in [-0.2, -0.15) is 13.2 Å². The van der Waals surface area contributed by atoms with Crippen LogP contribution in [0.15, 0.2) is 61.2 Å². The number of alkyl halides is 3. The molecule has 1 amide bonds. The van der Waals surface area contributed by atoms with E-state index in [9.17, 15) is 18.0 Å². The predicted molar refractivity (Wildman–Crippen MR) is 105 cm³/mol. The van der Waals surface area contributed by atoms with Crippen molar-refractivity contribution in [1.82, 2.24) is 9.55 Å². The summed E-state index contributed by atoms with van der Waals surface area (Å²) >= 11 is 0. The second-order valence-corrected chi connectivity index (χ2v) is 6.45. The van der Waals surface area contributed by atoms with E-state index in [1.165, 1.54) is 13.2 Å². The third kappa shape index (κ3) is 6.00. The summed E-state index contributed by atoms with van der Waals surface area (Å²) in [5.74, 6) is 0.00926. The zero-order chi connectivity index (χ0) is 21.6. The first kappa shape index (κ1) is 21.2. The molecule has 1 N–H and O–H groups in total. The monoisotopic (exact) mass is 419 g/mol. The molecule has 1 heterocycles. The van der Waals surface area contributed by atoms with Crippen LogP contribution in [0.25, 0.3) is 5.69 Å². The highest BCUT2D eigenvalue weighted by Crippen LogP contribution is 2.30. The highest BCUT2D eigenvalue weighted by atomic mass is 19.4. The first-order valence-corrected chi connectivity index (χ1v) is 9.09. The van der Waals surface area contributed by atoms with Crippen molar-refractivity contribution in [3.63, 3.8) is 0 Å². The van der Waals surface area contributed by atoms with Crippen molar-refractivity contribution in [2.45, 2.75) is 19.0 Å². The van der Waals surface area contributed by atoms with Gasteiger partial charge in [0.05, 0.1) is 13.4 Å². The number of ether oxygens (including phenoxy) is 2. The summed E-state index contributed by atoms with van der Waals surface area (Å²) in [4.78, 5) is 16.2. The SMILES string of the molecule is COc1cc(CCC(=O)Nc2ccc(-n3ccnc3)cc2)ccc1OCC(F)(F)F. The van der Waals surface area contributed by atoms with Gasteiger partial charge in [-0.25, -0.2) is 4.98 Å². The Labute approximate surface area is 171 Å². The van der Waals surface area contributed by atoms with Crippen LogP contribution in [-0.4, -0.2) is 35.4 Å². The van der Waals surface area contributed by atoms with Crippen molar-refractivity contribution in [2.75, 3.05) is 19.0 Å². The fraction of sp³-hybridized carbons (Fsp3) is 0.238. The average Bonchev–Trinajstić information content (AvgIpc) is 3.26. The summed E-state index contributed by atoms with van der Waals surface area (Å²) in [6.45, 7) is -1.40. The Balaban J connectivity index is 1.54. The van der Waals surface area contributed by atoms with Gasteiger partial charge in [-0.3, -0.25) is 4.79 Å². The fourth-order valence-electron chi connectivity index (χ4n) is 2.76. The van der Waals surface area contributed by atoms with Crippen LogP contribution in [-0.2, 0) is 11.2 Å². The number of hydrogen-bond donors (Lipinski definition) is 1. The second-order valence-electron chi connectivity index (χ2n) is 6.45. The summed E-state index contributed by atoms with van der Waals surface area (Å²) in [7, 11) is 1.35. The number of amides is 1. The lowest BCUT2D eigenvalue weighted by Crippen LogP contribution is -2.19. The quantitative estimate of drug-likeness (QED) is 0.588. The maximum atomic E-state index is 12.3. The van der Waals surface area contributed by atoms with Gasteiger partial charge in [0.25, 0.3) is 0 Å². The molecule has 0 aliphatic carbocycles. The first-order chi connectivity index (χ1) is 14.3. The Morgan fingerprint density at radius 2 is 1.90 bits per heavy atom. The molecule has 0 aliphatic rings. The van der Waals surface area contributed by atoms with Crippen LogP contribution >= 0.6 is 0 Å². The molecule has 0 saturated heterocycles. The van der Waals surface area contributed by atoms with Gasteiger partial charge in [0, 0.05) is 30.2 Å². The fourth-order valence-corrected chi connectivity index (χ4v) is 2.76. The number of nitrogens with one attached hydrogen (secondary N) is 1. The lowest BCUT2D eigenvalue weighted by Gasteiger charge is -2.13. The number of carbonyl (C=O) groups is 1. The van der Waals surface area contributed by atoms with E-state index in [1.54, 1.807) is 36.8 Å². The zero-order valence-electron chi connectivity index (χ0n) is 16.1. The van der Waals surface area contributed by atoms with Gasteiger partial charge in [-0.1, -0.05) is 6.07 Å². The third-order valence-corrected chi connectivity index (χ3v) is 4.21. The molecule has 0 spiro atoms. The molecule has 0 fully saturated rings. The minimum atomic E-state index is -4.43. The topological polar surface area (TPSA) is 65.4 Å². The van der Waals surface area contributed by atoms with E-state index in [1.807, 2.05) is 22.9 Å². The van der Waals surface area contributed by atoms with Crippen LogP contribution < -0.4 is 14.8 Å². The number of anilines is 1. The highest BCUT2D eigenvalue weighted by molar-refractivity contribution is 5.90. The van der Waals surface area contributed by atoms with Crippen molar-refractivity contribution in [2.24, 2.45) is 0 Å². The third-order valence-electron chi connectivity index (χ3n) is 4.21. The van der Waals surface area contributed by atoms with E-state index in [0.717, 1.165) is 11.3 Å². The maximum Gasteiger partial charge on any atom is 0.422 e. The molecule has 0 bridgehead atoms. The minimum absolute atomic E-state index is 0.000934. The van der Waals surface area contributed by atoms with Gasteiger partial charge in [0.1, 0.15) is 0 Å². The highest BCUT2D eigenvalue weighted by Gasteiger charge is 2.29. The molecule has 9 heteroatoms. The van der Waals surface area contributed by atoms with Crippen LogP contribution in [0.5, 0.6) is 11.5 Å². The summed E-state index contributed by atoms with van der Waals surface area (Å²) < 4.78 is 48.7. The Morgan fingerprint density at radius 1 is 1.13 bits per heavy atom. The number of aryl methyl sites for hydroxylation is 1. The summed E-state index contributed by atoms with van der Waals surface area (Å²) in [5, 5.41) is 2.82. The number of nitrogens with zero attached hydrogens (tertiary/aromatic N) is 2. The molecule has 2 aromatic carbocycles. The van der Waals surface area contributed by atoms with E-state index >= 15 is 0 Å². The van der Waals surface area contributed by atoms with Crippen LogP contribution in [0.3, 0.4) is 0 Å². The Hall–Kier alpha value is -3.49. The molecular weight excluding hydrogens is 399 g/mol. The lowest BCUT2D eigenvalue weighted by atomic mass is 10.1. The van der Waals surface area contributed by atoms with E-state index in [-0.39, 0.29) is 23.8 Å². The Bertz CT molecular complexity index is 971. The van der Waals surface area contributed by atoms with Gasteiger partial charge >= 0.3 is 6.18 Å². The van der Waals surface area contributed by atoms with Crippen molar-refractivity contribution in [1.29, 1.82) is 0 Å². The molecular formula is C21H20F3N3O3. The number of carbonyl (C=O) groups excluding carboxylic acids is 1. The van der Waals surface area contributed by atoms with Crippen LogP contribution in [0.1, 0.15) is 12.0 Å². The Morgan fingerprint density at radius 3 is 2.53 bits per heavy atom. The standard InChI is InChI=1S/C21H20F3N3O3/c1-29-19-12-15(2-8-18(19)30-13-21(22,23)24)3-9-20(28)26-16-4-6-17(7-5-16)27-11-10-25-14-27/h2,4-8,10-12,14H,3,9,13H2,1H3,(H,26,28). The van der Waals surface area contributed by atoms with E-state index in [2.05, 4.69) is 10.3 Å². The van der Waals surface area contributed by atoms with E-state index in [4.69, 9.17) is 9.47 Å². The number of benzene rings is 2. The van der Waals surface area contributed by atoms with Gasteiger partial charge in [0.15, 0.2) is 18.1 Å². The summed E-state index contributed by atoms with van der Waals surface area (Å²) in [5.41, 5.74) is 2.33. The summed E-state index contributed by atoms with van der Waals surface area (Å²) in [6.07, 6.45) is 1.35. The summed E-state index contributed by atoms with van der Waals surface area (Å²) in [6, 6.07) is 11.9. The van der Waals surface area contributed by atoms with Gasteiger partial charge in [-0.15, -0.1) is 0 Å². The molecule has 0 aliphatic heterocycles. The van der Waals surface area contributed by atoms with Crippen LogP contribution in [0, 0.1) is 0 Å². The maximum absolute atomic E-state index is 12.3. The Kier molecular flexibility index (Phi) is 6.61. The van der Waals surface area contributed by atoms with Crippen LogP contribution in [0.2, 0.25) is 0 Å². The molecule has 0 unspecified atom stereocenters. The van der Waals surface area contributed by atoms with Gasteiger partial charge in [-0.05, 0) is 48.4 Å². The molecule has 30 heavy (non-hydrogen) atoms. The normalized spacial score (nSPS) is 11.2. The van der Waals surface area contributed by atoms with Crippen molar-refractivity contribution < 1.29 is 27.4 Å². The number of methoxy groups -OCH3 is 1. The molecule has 0 atom stereocenters. The zero-order valence-corrected chi connectivity index (χ0v) is 16.1. The van der Waals surface area contributed by atoms with Gasteiger partial charge in [0.2, 0.25) is 5.91 Å². The molecule has 3 aromatic rings. The smallest absolute Gasteiger partial charge is 0.422 e. The number of aromatic nitrogens is 2. The van der Waals surface area contributed by atoms with Crippen molar-refractivity contribution in [3.8, 4) is 17.2 Å². The van der Waals surface area contributed by atoms with E-state index < -0.39 is 12.8 Å². The minimum Gasteiger partial charge on any atom is -0.493 e. The number of halogens is 3. The van der Waals surface area contributed by atoms with Crippen molar-refractivity contribution >= 4 is 11.6 Å². The predicted octanol–water partition coefficient (Wildman–Crippen LogP) is 4.39. The number of hydrogen-bond acceptors (Lipinski definition) is 4. The molecule has 3 rings (SSSR count). The molecule has 0 radical (unpaired) electrons. The molecule has 0 saturated carbocycles. The number of imidazole rings is 1. The molecule has 1 aromatic heterocycles. The van der Waals surface area contributed by atoms with Crippen LogP contribution in [0.4, 0.5) is 18.9 Å². The van der Waals surface area contributed by atoms with Gasteiger partial charge < -0.3 is 19.4 Å². The number of rotatable bonds is 8. The van der Waals surface area contributed by atoms with Crippen molar-refractivity contribution in [3.05, 3.63) is 66.7 Å². The lowest BCUT2D eigenvalue weighted by molar-refractivity contribution is -0.153. The van der Waals surface area contributed by atoms with E-state index in [0.29, 0.717) is 12.1 Å². The first-order valence-electron chi connectivity index (χ1n) is 9.09. The average molecular weight is 419 g/mol. The molecule has 158 valence electrons. The largest absolute Gasteiger partial charge is 0.493 e.